The van der Waals surface area contributed by atoms with Crippen molar-refractivity contribution in [2.75, 3.05) is 0 Å². The van der Waals surface area contributed by atoms with Gasteiger partial charge in [0.2, 0.25) is 12.3 Å². The highest BCUT2D eigenvalue weighted by Gasteiger charge is 2.31. The molecule has 2 heterocycles. The minimum Gasteiger partial charge on any atom is -0.488 e. The molecular weight excluding hydrogens is 390 g/mol. The monoisotopic (exact) mass is 411 g/mol. The molecular formula is C25H21N3O3. The summed E-state index contributed by atoms with van der Waals surface area (Å²) in [7, 11) is 0. The Morgan fingerprint density at radius 1 is 1.13 bits per heavy atom. The van der Waals surface area contributed by atoms with Crippen LogP contribution in [0.4, 0.5) is 0 Å². The molecule has 0 aliphatic carbocycles. The topological polar surface area (TPSA) is 81.2 Å². The number of nitrogens with zero attached hydrogens (tertiary/aromatic N) is 3. The van der Waals surface area contributed by atoms with Crippen LogP contribution in [0, 0.1) is 11.3 Å². The molecule has 1 aliphatic rings. The molecule has 154 valence electrons. The third-order valence-corrected chi connectivity index (χ3v) is 5.62. The maximum Gasteiger partial charge on any atom is 0.247 e. The van der Waals surface area contributed by atoms with Gasteiger partial charge in [0, 0.05) is 21.9 Å². The van der Waals surface area contributed by atoms with Crippen molar-refractivity contribution in [3.63, 3.8) is 0 Å². The molecule has 1 aromatic heterocycles. The fourth-order valence-corrected chi connectivity index (χ4v) is 3.97. The average Bonchev–Trinajstić information content (AvgIpc) is 3.31. The highest BCUT2D eigenvalue weighted by Crippen LogP contribution is 2.45. The van der Waals surface area contributed by atoms with E-state index < -0.39 is 0 Å². The van der Waals surface area contributed by atoms with Crippen LogP contribution in [-0.4, -0.2) is 15.8 Å². The van der Waals surface area contributed by atoms with Crippen LogP contribution in [0.5, 0.6) is 11.5 Å². The van der Waals surface area contributed by atoms with Gasteiger partial charge < -0.3 is 13.9 Å². The Balaban J connectivity index is 1.60. The van der Waals surface area contributed by atoms with E-state index in [0.29, 0.717) is 18.1 Å². The van der Waals surface area contributed by atoms with E-state index in [-0.39, 0.29) is 5.60 Å². The summed E-state index contributed by atoms with van der Waals surface area (Å²) >= 11 is 0. The number of nitriles is 1. The lowest BCUT2D eigenvalue weighted by molar-refractivity contribution is 0.0870. The number of benzene rings is 3. The summed E-state index contributed by atoms with van der Waals surface area (Å²) in [6.07, 6.45) is 3.11. The smallest absolute Gasteiger partial charge is 0.247 e. The molecule has 0 bridgehead atoms. The SMILES string of the molecule is CC1(C)CCc2c(-c3nnco3)cc3c(OCc4ccc(C#N)cc4)cccc3c2O1. The predicted octanol–water partition coefficient (Wildman–Crippen LogP) is 5.44. The van der Waals surface area contributed by atoms with Crippen molar-refractivity contribution in [1.29, 1.82) is 5.26 Å². The number of fused-ring (bicyclic) bond motifs is 3. The van der Waals surface area contributed by atoms with E-state index in [1.54, 1.807) is 12.1 Å². The molecule has 31 heavy (non-hydrogen) atoms. The van der Waals surface area contributed by atoms with Gasteiger partial charge in [-0.25, -0.2) is 0 Å². The number of aromatic nitrogens is 2. The number of hydrogen-bond acceptors (Lipinski definition) is 6. The lowest BCUT2D eigenvalue weighted by Gasteiger charge is -2.34. The summed E-state index contributed by atoms with van der Waals surface area (Å²) in [6, 6.07) is 17.6. The minimum atomic E-state index is -0.257. The minimum absolute atomic E-state index is 0.257. The van der Waals surface area contributed by atoms with Crippen molar-refractivity contribution >= 4 is 10.8 Å². The van der Waals surface area contributed by atoms with Gasteiger partial charge in [-0.05, 0) is 56.5 Å². The molecule has 0 radical (unpaired) electrons. The fourth-order valence-electron chi connectivity index (χ4n) is 3.97. The number of hydrogen-bond donors (Lipinski definition) is 0. The van der Waals surface area contributed by atoms with Crippen LogP contribution in [-0.2, 0) is 13.0 Å². The van der Waals surface area contributed by atoms with Crippen LogP contribution >= 0.6 is 0 Å². The number of ether oxygens (including phenoxy) is 2. The molecule has 1 aliphatic heterocycles. The Hall–Kier alpha value is -3.85. The molecule has 6 nitrogen and oxygen atoms in total. The highest BCUT2D eigenvalue weighted by molar-refractivity contribution is 5.98. The van der Waals surface area contributed by atoms with E-state index in [9.17, 15) is 0 Å². The summed E-state index contributed by atoms with van der Waals surface area (Å²) in [5.41, 5.74) is 3.32. The molecule has 0 spiro atoms. The Bertz CT molecular complexity index is 1290. The lowest BCUT2D eigenvalue weighted by Crippen LogP contribution is -2.33. The molecule has 0 fully saturated rings. The van der Waals surface area contributed by atoms with Gasteiger partial charge in [-0.2, -0.15) is 5.26 Å². The molecule has 5 rings (SSSR count). The summed E-state index contributed by atoms with van der Waals surface area (Å²) in [5, 5.41) is 18.9. The zero-order valence-electron chi connectivity index (χ0n) is 17.4. The second-order valence-corrected chi connectivity index (χ2v) is 8.29. The molecule has 0 unspecified atom stereocenters. The maximum atomic E-state index is 8.98. The van der Waals surface area contributed by atoms with Crippen molar-refractivity contribution in [3.8, 4) is 29.0 Å². The van der Waals surface area contributed by atoms with E-state index in [2.05, 4.69) is 42.2 Å². The maximum absolute atomic E-state index is 8.98. The van der Waals surface area contributed by atoms with Gasteiger partial charge >= 0.3 is 0 Å². The Kier molecular flexibility index (Phi) is 4.59. The first kappa shape index (κ1) is 19.1. The fraction of sp³-hybridized carbons (Fsp3) is 0.240. The van der Waals surface area contributed by atoms with Crippen molar-refractivity contribution in [2.24, 2.45) is 0 Å². The molecule has 0 atom stereocenters. The second-order valence-electron chi connectivity index (χ2n) is 8.29. The van der Waals surface area contributed by atoms with Crippen molar-refractivity contribution in [3.05, 3.63) is 71.6 Å². The lowest BCUT2D eigenvalue weighted by atomic mass is 9.88. The summed E-state index contributed by atoms with van der Waals surface area (Å²) < 4.78 is 18.2. The first-order chi connectivity index (χ1) is 15.0. The number of rotatable bonds is 4. The van der Waals surface area contributed by atoms with E-state index in [4.69, 9.17) is 19.2 Å². The zero-order valence-corrected chi connectivity index (χ0v) is 17.4. The first-order valence-electron chi connectivity index (χ1n) is 10.2. The quantitative estimate of drug-likeness (QED) is 0.444. The largest absolute Gasteiger partial charge is 0.488 e. The standard InChI is InChI=1S/C25H21N3O3/c1-25(2)11-10-19-21(24-28-27-15-30-24)12-20-18(23(19)31-25)4-3-5-22(20)29-14-17-8-6-16(13-26)7-9-17/h3-9,12,15H,10-11,14H2,1-2H3. The average molecular weight is 411 g/mol. The first-order valence-corrected chi connectivity index (χ1v) is 10.2. The van der Waals surface area contributed by atoms with Gasteiger partial charge in [-0.3, -0.25) is 0 Å². The highest BCUT2D eigenvalue weighted by atomic mass is 16.5. The van der Waals surface area contributed by atoms with Crippen molar-refractivity contribution in [1.82, 2.24) is 10.2 Å². The summed E-state index contributed by atoms with van der Waals surface area (Å²) in [4.78, 5) is 0. The Labute approximate surface area is 180 Å². The third-order valence-electron chi connectivity index (χ3n) is 5.62. The van der Waals surface area contributed by atoms with Crippen molar-refractivity contribution < 1.29 is 13.9 Å². The normalized spacial score (nSPS) is 14.5. The van der Waals surface area contributed by atoms with Gasteiger partial charge in [-0.1, -0.05) is 24.3 Å². The molecule has 6 heteroatoms. The zero-order chi connectivity index (χ0) is 21.4. The van der Waals surface area contributed by atoms with Crippen LogP contribution in [0.3, 0.4) is 0 Å². The molecule has 0 saturated carbocycles. The van der Waals surface area contributed by atoms with Crippen LogP contribution in [0.25, 0.3) is 22.2 Å². The molecule has 0 saturated heterocycles. The van der Waals surface area contributed by atoms with E-state index in [1.165, 1.54) is 6.39 Å². The van der Waals surface area contributed by atoms with Gasteiger partial charge in [0.25, 0.3) is 0 Å². The molecule has 4 aromatic rings. The van der Waals surface area contributed by atoms with E-state index >= 15 is 0 Å². The van der Waals surface area contributed by atoms with E-state index in [1.807, 2.05) is 24.3 Å². The van der Waals surface area contributed by atoms with Crippen LogP contribution in [0.2, 0.25) is 0 Å². The van der Waals surface area contributed by atoms with Gasteiger partial charge in [0.1, 0.15) is 23.7 Å². The molecule has 0 N–H and O–H groups in total. The predicted molar refractivity (Wildman–Crippen MR) is 116 cm³/mol. The van der Waals surface area contributed by atoms with Gasteiger partial charge in [0.15, 0.2) is 0 Å². The second kappa shape index (κ2) is 7.44. The Morgan fingerprint density at radius 3 is 2.71 bits per heavy atom. The Morgan fingerprint density at radius 2 is 1.97 bits per heavy atom. The van der Waals surface area contributed by atoms with Crippen LogP contribution in [0.1, 0.15) is 37.0 Å². The molecule has 3 aromatic carbocycles. The molecule has 0 amide bonds. The summed E-state index contributed by atoms with van der Waals surface area (Å²) in [5.74, 6) is 2.08. The summed E-state index contributed by atoms with van der Waals surface area (Å²) in [6.45, 7) is 4.60. The van der Waals surface area contributed by atoms with Crippen molar-refractivity contribution in [2.45, 2.75) is 38.9 Å². The van der Waals surface area contributed by atoms with Gasteiger partial charge in [0.05, 0.1) is 11.6 Å². The van der Waals surface area contributed by atoms with Crippen LogP contribution in [0.15, 0.2) is 59.3 Å². The van der Waals surface area contributed by atoms with Gasteiger partial charge in [-0.15, -0.1) is 10.2 Å². The van der Waals surface area contributed by atoms with Crippen LogP contribution < -0.4 is 9.47 Å². The van der Waals surface area contributed by atoms with E-state index in [0.717, 1.165) is 51.8 Å². The third kappa shape index (κ3) is 3.59.